The molecule has 2 heteroatoms. The van der Waals surface area contributed by atoms with Crippen LogP contribution in [0.15, 0.2) is 206 Å². The van der Waals surface area contributed by atoms with Gasteiger partial charge in [-0.15, -0.1) is 0 Å². The van der Waals surface area contributed by atoms with Crippen molar-refractivity contribution in [1.29, 1.82) is 0 Å². The van der Waals surface area contributed by atoms with Crippen LogP contribution in [0.25, 0.3) is 109 Å². The number of hydrogen-bond acceptors (Lipinski definition) is 2. The second-order valence-corrected chi connectivity index (χ2v) is 15.3. The first kappa shape index (κ1) is 34.6. The summed E-state index contributed by atoms with van der Waals surface area (Å²) in [4.78, 5) is 0. The van der Waals surface area contributed by atoms with Crippen molar-refractivity contribution in [1.82, 2.24) is 0 Å². The first-order valence-electron chi connectivity index (χ1n) is 20.1. The molecule has 0 saturated heterocycles. The van der Waals surface area contributed by atoms with Gasteiger partial charge in [0.15, 0.2) is 0 Å². The number of ether oxygens (including phenoxy) is 1. The van der Waals surface area contributed by atoms with Gasteiger partial charge in [0, 0.05) is 0 Å². The Morgan fingerprint density at radius 3 is 1.17 bits per heavy atom. The molecule has 0 spiro atoms. The van der Waals surface area contributed by atoms with Crippen molar-refractivity contribution in [2.75, 3.05) is 7.11 Å². The summed E-state index contributed by atoms with van der Waals surface area (Å²) in [6, 6.07) is 72.7. The highest BCUT2D eigenvalue weighted by atomic mass is 16.5. The molecule has 1 N–H and O–H groups in total. The average molecular weight is 755 g/mol. The van der Waals surface area contributed by atoms with Gasteiger partial charge in [0.2, 0.25) is 0 Å². The van der Waals surface area contributed by atoms with Crippen LogP contribution in [0.5, 0.6) is 11.5 Å². The molecule has 278 valence electrons. The molecule has 0 bridgehead atoms. The van der Waals surface area contributed by atoms with E-state index in [9.17, 15) is 5.11 Å². The predicted molar refractivity (Wildman–Crippen MR) is 250 cm³/mol. The Labute approximate surface area is 342 Å². The lowest BCUT2D eigenvalue weighted by Gasteiger charge is -2.17. The van der Waals surface area contributed by atoms with Crippen molar-refractivity contribution >= 4 is 64.6 Å². The van der Waals surface area contributed by atoms with Crippen molar-refractivity contribution in [3.8, 4) is 56.0 Å². The molecular weight excluding hydrogens is 717 g/mol. The van der Waals surface area contributed by atoms with Crippen LogP contribution in [0.4, 0.5) is 0 Å². The predicted octanol–water partition coefficient (Wildman–Crippen LogP) is 15.6. The maximum absolute atomic E-state index is 10.2. The normalized spacial score (nSPS) is 11.5. The number of phenols is 1. The maximum Gasteiger partial charge on any atom is 0.119 e. The van der Waals surface area contributed by atoms with Crippen molar-refractivity contribution in [3.05, 3.63) is 206 Å². The van der Waals surface area contributed by atoms with Crippen molar-refractivity contribution in [2.24, 2.45) is 0 Å². The number of rotatable bonds is 5. The van der Waals surface area contributed by atoms with Crippen LogP contribution in [0.1, 0.15) is 0 Å². The number of benzene rings is 12. The van der Waals surface area contributed by atoms with Crippen molar-refractivity contribution in [3.63, 3.8) is 0 Å². The lowest BCUT2D eigenvalue weighted by atomic mass is 9.87. The molecule has 59 heavy (non-hydrogen) atoms. The molecule has 0 aromatic heterocycles. The van der Waals surface area contributed by atoms with Gasteiger partial charge in [-0.05, 0) is 133 Å². The maximum atomic E-state index is 10.2. The zero-order valence-electron chi connectivity index (χ0n) is 32.5. The molecule has 0 aliphatic rings. The fraction of sp³-hybridized carbons (Fsp3) is 0.0175. The molecule has 0 aliphatic heterocycles. The van der Waals surface area contributed by atoms with Crippen molar-refractivity contribution < 1.29 is 9.84 Å². The lowest BCUT2D eigenvalue weighted by molar-refractivity contribution is 0.415. The van der Waals surface area contributed by atoms with E-state index in [2.05, 4.69) is 170 Å². The second-order valence-electron chi connectivity index (χ2n) is 15.3. The van der Waals surface area contributed by atoms with E-state index in [0.717, 1.165) is 22.4 Å². The van der Waals surface area contributed by atoms with E-state index in [1.807, 2.05) is 30.3 Å². The van der Waals surface area contributed by atoms with Crippen LogP contribution >= 0.6 is 0 Å². The highest BCUT2D eigenvalue weighted by molar-refractivity contribution is 6.27. The van der Waals surface area contributed by atoms with Gasteiger partial charge in [0.1, 0.15) is 11.5 Å². The van der Waals surface area contributed by atoms with Gasteiger partial charge in [0.25, 0.3) is 0 Å². The molecule has 0 unspecified atom stereocenters. The molecule has 0 atom stereocenters. The van der Waals surface area contributed by atoms with Gasteiger partial charge in [-0.1, -0.05) is 182 Å². The lowest BCUT2D eigenvalue weighted by Crippen LogP contribution is -1.91. The van der Waals surface area contributed by atoms with E-state index in [1.165, 1.54) is 92.5 Å². The molecule has 0 radical (unpaired) electrons. The number of phenolic OH excluding ortho intramolecular Hbond substituents is 1. The van der Waals surface area contributed by atoms with Gasteiger partial charge in [0.05, 0.1) is 7.11 Å². The summed E-state index contributed by atoms with van der Waals surface area (Å²) in [5, 5.41) is 25.7. The first-order valence-corrected chi connectivity index (χ1v) is 20.1. The Morgan fingerprint density at radius 1 is 0.305 bits per heavy atom. The Kier molecular flexibility index (Phi) is 8.23. The van der Waals surface area contributed by atoms with E-state index >= 15 is 0 Å². The number of methoxy groups -OCH3 is 1. The number of hydrogen-bond donors (Lipinski definition) is 1. The minimum absolute atomic E-state index is 0.283. The van der Waals surface area contributed by atoms with Crippen LogP contribution < -0.4 is 4.74 Å². The number of aromatic hydroxyl groups is 1. The Bertz CT molecular complexity index is 3450. The largest absolute Gasteiger partial charge is 0.508 e. The van der Waals surface area contributed by atoms with E-state index in [0.29, 0.717) is 0 Å². The summed E-state index contributed by atoms with van der Waals surface area (Å²) >= 11 is 0. The van der Waals surface area contributed by atoms with E-state index in [1.54, 1.807) is 13.2 Å². The second kappa shape index (κ2) is 14.1. The Morgan fingerprint density at radius 2 is 0.695 bits per heavy atom. The van der Waals surface area contributed by atoms with Crippen molar-refractivity contribution in [2.45, 2.75) is 0 Å². The fourth-order valence-electron chi connectivity index (χ4n) is 9.31. The van der Waals surface area contributed by atoms with Crippen LogP contribution in [0, 0.1) is 0 Å². The molecular formula is C57H38O2. The highest BCUT2D eigenvalue weighted by Gasteiger charge is 2.17. The van der Waals surface area contributed by atoms with Crippen LogP contribution in [0.3, 0.4) is 0 Å². The molecule has 12 aromatic rings. The molecule has 0 saturated carbocycles. The third-order valence-corrected chi connectivity index (χ3v) is 12.0. The quantitative estimate of drug-likeness (QED) is 0.177. The highest BCUT2D eigenvalue weighted by Crippen LogP contribution is 2.44. The SMILES string of the molecule is COc1ccc(-c2ccc3ccc4cccc5ccc2c3c45)c(-c2ccccc2)c1.Oc1ccc(-c2ccc3ccc4cccc5ccc2c3c45)c(-c2ccccc2)c1. The molecule has 0 amide bonds. The van der Waals surface area contributed by atoms with E-state index in [4.69, 9.17) is 4.74 Å². The summed E-state index contributed by atoms with van der Waals surface area (Å²) in [6.07, 6.45) is 0. The smallest absolute Gasteiger partial charge is 0.119 e. The van der Waals surface area contributed by atoms with Gasteiger partial charge >= 0.3 is 0 Å². The van der Waals surface area contributed by atoms with Gasteiger partial charge in [-0.25, -0.2) is 0 Å². The van der Waals surface area contributed by atoms with Crippen LogP contribution in [0.2, 0.25) is 0 Å². The standard InChI is InChI=1S/C29H20O.C28H18O/c1-30-23-14-17-25(27(18-23)19-6-3-2-4-7-19)24-15-12-22-11-10-20-8-5-9-21-13-16-26(24)29(22)28(20)21;29-22-13-16-24(26(17-22)18-5-2-1-3-6-18)23-14-11-21-10-9-19-7-4-8-20-12-15-25(23)28(21)27(19)20/h2-18H,1H3;1-17,29H. The minimum atomic E-state index is 0.283. The zero-order chi connectivity index (χ0) is 39.5. The molecule has 2 nitrogen and oxygen atoms in total. The third-order valence-electron chi connectivity index (χ3n) is 12.0. The third kappa shape index (κ3) is 5.80. The minimum Gasteiger partial charge on any atom is -0.508 e. The van der Waals surface area contributed by atoms with E-state index < -0.39 is 0 Å². The van der Waals surface area contributed by atoms with Gasteiger partial charge < -0.3 is 9.84 Å². The summed E-state index contributed by atoms with van der Waals surface area (Å²) in [5.74, 6) is 1.15. The molecule has 12 aromatic carbocycles. The topological polar surface area (TPSA) is 29.5 Å². The summed E-state index contributed by atoms with van der Waals surface area (Å²) in [6.45, 7) is 0. The van der Waals surface area contributed by atoms with Gasteiger partial charge in [-0.3, -0.25) is 0 Å². The zero-order valence-corrected chi connectivity index (χ0v) is 32.5. The Hall–Kier alpha value is -7.68. The summed E-state index contributed by atoms with van der Waals surface area (Å²) < 4.78 is 5.55. The molecule has 0 fully saturated rings. The summed E-state index contributed by atoms with van der Waals surface area (Å²) in [7, 11) is 1.72. The Balaban J connectivity index is 0.000000135. The molecule has 0 heterocycles. The first-order chi connectivity index (χ1) is 29.1. The monoisotopic (exact) mass is 754 g/mol. The molecule has 0 aliphatic carbocycles. The average Bonchev–Trinajstić information content (AvgIpc) is 3.30. The summed E-state index contributed by atoms with van der Waals surface area (Å²) in [5.41, 5.74) is 9.32. The van der Waals surface area contributed by atoms with Crippen LogP contribution in [-0.4, -0.2) is 12.2 Å². The van der Waals surface area contributed by atoms with Crippen LogP contribution in [-0.2, 0) is 0 Å². The fourth-order valence-corrected chi connectivity index (χ4v) is 9.31. The molecule has 12 rings (SSSR count). The van der Waals surface area contributed by atoms with Gasteiger partial charge in [-0.2, -0.15) is 0 Å². The van der Waals surface area contributed by atoms with E-state index in [-0.39, 0.29) is 5.75 Å².